The van der Waals surface area contributed by atoms with Gasteiger partial charge in [0.1, 0.15) is 72.5 Å². The van der Waals surface area contributed by atoms with E-state index in [1.165, 1.54) is 64.6 Å². The molecule has 0 radical (unpaired) electrons. The van der Waals surface area contributed by atoms with Crippen LogP contribution in [0, 0.1) is 23.3 Å². The van der Waals surface area contributed by atoms with Crippen molar-refractivity contribution in [3.05, 3.63) is 424 Å². The molecular formula is C113H89Br4F4N15O9S2. The molecule has 0 saturated carbocycles. The Balaban J connectivity index is 0.000000116. The molecule has 0 aliphatic carbocycles. The summed E-state index contributed by atoms with van der Waals surface area (Å²) in [6, 6.07) is 76.5. The first-order valence-electron chi connectivity index (χ1n) is 48.0. The van der Waals surface area contributed by atoms with Crippen molar-refractivity contribution in [2.24, 2.45) is 4.99 Å². The van der Waals surface area contributed by atoms with Crippen molar-refractivity contribution < 1.29 is 63.2 Å². The summed E-state index contributed by atoms with van der Waals surface area (Å²) in [5, 5.41) is 26.5. The van der Waals surface area contributed by atoms with Crippen LogP contribution < -0.4 is 15.4 Å². The van der Waals surface area contributed by atoms with Gasteiger partial charge in [0.2, 0.25) is 0 Å². The molecule has 4 amide bonds. The molecule has 4 unspecified atom stereocenters. The van der Waals surface area contributed by atoms with Crippen LogP contribution >= 0.6 is 87.2 Å². The van der Waals surface area contributed by atoms with E-state index in [0.29, 0.717) is 103 Å². The maximum atomic E-state index is 13.7. The van der Waals surface area contributed by atoms with Crippen LogP contribution in [0.1, 0.15) is 83.3 Å². The molecule has 2 N–H and O–H groups in total. The molecule has 0 spiro atoms. The lowest BCUT2D eigenvalue weighted by Gasteiger charge is -2.23. The van der Waals surface area contributed by atoms with E-state index in [2.05, 4.69) is 129 Å². The van der Waals surface area contributed by atoms with Crippen molar-refractivity contribution in [1.29, 1.82) is 0 Å². The topological polar surface area (TPSA) is 235 Å². The van der Waals surface area contributed by atoms with Gasteiger partial charge in [-0.15, -0.1) is 0 Å². The zero-order valence-electron chi connectivity index (χ0n) is 80.3. The van der Waals surface area contributed by atoms with Gasteiger partial charge in [0.15, 0.2) is 36.5 Å². The number of ether oxygens (including phenoxy) is 5. The third-order valence-corrected chi connectivity index (χ3v) is 29.7. The van der Waals surface area contributed by atoms with Crippen molar-refractivity contribution in [2.45, 2.75) is 73.2 Å². The van der Waals surface area contributed by atoms with Gasteiger partial charge in [0.25, 0.3) is 23.6 Å². The lowest BCUT2D eigenvalue weighted by Crippen LogP contribution is -2.30. The summed E-state index contributed by atoms with van der Waals surface area (Å²) >= 11 is 17.2. The quantitative estimate of drug-likeness (QED) is 0.0535. The number of carbonyl (C=O) groups is 4. The minimum Gasteiger partial charge on any atom is -0.440 e. The highest BCUT2D eigenvalue weighted by atomic mass is 79.9. The number of carbonyl (C=O) groups excluding carboxylic acids is 4. The molecular weight excluding hydrogens is 2170 g/mol. The van der Waals surface area contributed by atoms with Crippen molar-refractivity contribution in [2.75, 3.05) is 63.2 Å². The predicted molar refractivity (Wildman–Crippen MR) is 571 cm³/mol. The van der Waals surface area contributed by atoms with E-state index in [1.54, 1.807) is 123 Å². The van der Waals surface area contributed by atoms with Crippen LogP contribution in [0.4, 0.5) is 34.6 Å². The SMILES string of the molecule is C=C1Cc2cc(CCN3C(=O)COC3c3cn(-c4ccc(Br)cc4)nc3-c3ccc(F)cc3)ccc2S1.C=C1Nc2ccc(CCN3C(=O)COC3c3cn(-c4ccc(Br)cc4)nc3-c3ccc(F)cc3)cc2O1.C=C1Nc2ccc(CCN3C(=O)COC3c3cn(-c4ccc(Br)cc4)nc3-c3ccc(F)cc3)cc2S1.[2H]c1cc2c(c([2H])c1CCN1C(=O)COC1c1cn(-c3ccc(Br)cc3)nc1-c1ccc(F)cc1)N=CC2. The maximum Gasteiger partial charge on any atom is 0.250 e. The van der Waals surface area contributed by atoms with Gasteiger partial charge in [-0.1, -0.05) is 137 Å². The first kappa shape index (κ1) is 96.3. The van der Waals surface area contributed by atoms with E-state index in [4.69, 9.17) is 46.8 Å². The van der Waals surface area contributed by atoms with E-state index >= 15 is 0 Å². The summed E-state index contributed by atoms with van der Waals surface area (Å²) < 4.78 is 112. The Labute approximate surface area is 888 Å². The van der Waals surface area contributed by atoms with E-state index in [0.717, 1.165) is 129 Å². The van der Waals surface area contributed by atoms with Gasteiger partial charge in [-0.2, -0.15) is 20.4 Å². The van der Waals surface area contributed by atoms with E-state index in [-0.39, 0.29) is 92.0 Å². The van der Waals surface area contributed by atoms with Gasteiger partial charge in [0.05, 0.1) is 47.6 Å². The number of halogens is 8. The number of nitrogens with one attached hydrogen (secondary N) is 2. The number of allylic oxidation sites excluding steroid dienone is 1. The zero-order valence-corrected chi connectivity index (χ0v) is 86.3. The molecule has 147 heavy (non-hydrogen) atoms. The van der Waals surface area contributed by atoms with Crippen molar-refractivity contribution >= 4 is 134 Å². The van der Waals surface area contributed by atoms with Crippen LogP contribution in [0.25, 0.3) is 67.8 Å². The number of aromatic nitrogens is 8. The minimum atomic E-state index is -0.720. The Hall–Kier alpha value is -14.2. The number of amides is 4. The molecule has 4 saturated heterocycles. The monoisotopic (exact) mass is 2260 g/mol. The fourth-order valence-corrected chi connectivity index (χ4v) is 21.2. The lowest BCUT2D eigenvalue weighted by atomic mass is 10.0. The normalized spacial score (nSPS) is 17.0. The summed E-state index contributed by atoms with van der Waals surface area (Å²) in [4.78, 5) is 66.4. The summed E-state index contributed by atoms with van der Waals surface area (Å²) in [5.41, 5.74) is 20.3. The van der Waals surface area contributed by atoms with Gasteiger partial charge in [-0.3, -0.25) is 24.2 Å². The molecule has 12 heterocycles. The van der Waals surface area contributed by atoms with Gasteiger partial charge in [-0.05, 0) is 301 Å². The smallest absolute Gasteiger partial charge is 0.250 e. The highest BCUT2D eigenvalue weighted by Gasteiger charge is 2.42. The standard InChI is InChI=1S/C29H23BrFN3O2S.C28H22BrFN4O3.C28H22BrFN4O2S.C28H22BrFN4O2/c1-18-14-21-15-19(2-11-26(21)37-18)12-13-33-27(35)17-36-29(33)25-16-34(24-9-5-22(30)6-10-24)32-28(25)20-3-7-23(31)8-4-20;2*1-17-31-24-11-2-18(14-25(24)37-17)12-13-33-26(35)16-36-28(33)23-15-34(22-9-5-20(29)6-10-22)32-27(23)19-3-7-21(30)8-4-19;29-21-5-9-23(10-6-21)34-16-24(27(32-34)20-3-7-22(30)8-4-20)28-33(26(35)17-36-28)14-12-18-1-2-19-11-13-31-25(19)15-18/h2-11,15-16,29H,1,12-14,17H2;2*2-11,14-15,28,31H,1,12-13,16H2;1-10,13,15-16,28H,11-12,14,17H2/i;;;1D,15D. The number of rotatable bonds is 24. The second kappa shape index (κ2) is 43.5. The average molecular weight is 2260 g/mol. The third kappa shape index (κ3) is 22.3. The fraction of sp³-hybridized carbons (Fsp3) is 0.159. The van der Waals surface area contributed by atoms with Gasteiger partial charge in [0, 0.05) is 142 Å². The van der Waals surface area contributed by atoms with Crippen LogP contribution in [0.5, 0.6) is 5.75 Å². The molecule has 4 fully saturated rings. The predicted octanol–water partition coefficient (Wildman–Crippen LogP) is 24.8. The van der Waals surface area contributed by atoms with Crippen LogP contribution in [0.3, 0.4) is 0 Å². The largest absolute Gasteiger partial charge is 0.440 e. The highest BCUT2D eigenvalue weighted by molar-refractivity contribution is 9.11. The Morgan fingerprint density at radius 1 is 0.381 bits per heavy atom. The Kier molecular flexibility index (Phi) is 28.5. The van der Waals surface area contributed by atoms with Gasteiger partial charge >= 0.3 is 0 Å². The molecule has 24 rings (SSSR count). The minimum absolute atomic E-state index is 0.000766. The number of hydrogen-bond acceptors (Lipinski definition) is 18. The van der Waals surface area contributed by atoms with Gasteiger partial charge in [-0.25, -0.2) is 36.3 Å². The number of hydrogen-bond donors (Lipinski definition) is 2. The number of thioether (sulfide) groups is 2. The molecule has 24 nitrogen and oxygen atoms in total. The van der Waals surface area contributed by atoms with Crippen LogP contribution in [-0.4, -0.2) is 141 Å². The Bertz CT molecular complexity index is 7390. The Morgan fingerprint density at radius 3 is 1.11 bits per heavy atom. The number of aliphatic imine (C=N–C) groups is 1. The molecule has 0 bridgehead atoms. The first-order chi connectivity index (χ1) is 72.2. The number of benzene rings is 12. The number of fused-ring (bicyclic) bond motifs is 4. The van der Waals surface area contributed by atoms with E-state index in [1.807, 2.05) is 146 Å². The van der Waals surface area contributed by atoms with E-state index < -0.39 is 24.9 Å². The van der Waals surface area contributed by atoms with Crippen molar-refractivity contribution in [3.8, 4) is 73.5 Å². The second-order valence-corrected chi connectivity index (χ2v) is 41.5. The summed E-state index contributed by atoms with van der Waals surface area (Å²) in [7, 11) is 0. The molecule has 12 aromatic carbocycles. The number of anilines is 2. The molecule has 34 heteroatoms. The van der Waals surface area contributed by atoms with Gasteiger partial charge < -0.3 is 53.9 Å². The van der Waals surface area contributed by atoms with Crippen molar-refractivity contribution in [1.82, 2.24) is 58.7 Å². The van der Waals surface area contributed by atoms with E-state index in [9.17, 15) is 36.7 Å². The summed E-state index contributed by atoms with van der Waals surface area (Å²) in [6.45, 7) is 13.5. The molecule has 16 aromatic rings. The lowest BCUT2D eigenvalue weighted by molar-refractivity contribution is -0.128. The first-order valence-corrected chi connectivity index (χ1v) is 51.8. The number of nitrogens with zero attached hydrogens (tertiary/aromatic N) is 13. The summed E-state index contributed by atoms with van der Waals surface area (Å²) in [5.74, 6) is -0.526. The Morgan fingerprint density at radius 2 is 0.728 bits per heavy atom. The highest BCUT2D eigenvalue weighted by Crippen LogP contribution is 2.46. The molecule has 8 aliphatic rings. The molecule has 4 aromatic heterocycles. The van der Waals surface area contributed by atoms with Crippen LogP contribution in [0.15, 0.2) is 360 Å². The second-order valence-electron chi connectivity index (χ2n) is 35.4. The van der Waals surface area contributed by atoms with Crippen molar-refractivity contribution in [3.63, 3.8) is 0 Å². The third-order valence-electron chi connectivity index (χ3n) is 25.7. The molecule has 8 aliphatic heterocycles. The fourth-order valence-electron chi connectivity index (χ4n) is 18.3. The average Bonchev–Trinajstić information content (AvgIpc) is 1.63. The molecule has 738 valence electrons. The molecule has 4 atom stereocenters. The maximum absolute atomic E-state index is 13.7. The summed E-state index contributed by atoms with van der Waals surface area (Å²) in [6.07, 6.45) is 10.6. The van der Waals surface area contributed by atoms with Crippen LogP contribution in [0.2, 0.25) is 0 Å². The zero-order chi connectivity index (χ0) is 103. The van der Waals surface area contributed by atoms with Crippen LogP contribution in [-0.2, 0) is 76.7 Å².